The molecule has 0 saturated carbocycles. The first-order chi connectivity index (χ1) is 9.12. The number of aryl methyl sites for hydroxylation is 3. The Balaban J connectivity index is 2.51. The SMILES string of the molecule is CCc1nc(CC)n(CCC(=O)N(C)CCCN)n1. The van der Waals surface area contributed by atoms with Crippen LogP contribution in [-0.4, -0.2) is 45.7 Å². The summed E-state index contributed by atoms with van der Waals surface area (Å²) in [7, 11) is 1.82. The maximum atomic E-state index is 11.9. The highest BCUT2D eigenvalue weighted by atomic mass is 16.2. The number of amides is 1. The highest BCUT2D eigenvalue weighted by Gasteiger charge is 2.11. The number of nitrogens with zero attached hydrogens (tertiary/aromatic N) is 4. The van der Waals surface area contributed by atoms with Gasteiger partial charge in [-0.25, -0.2) is 9.67 Å². The minimum atomic E-state index is 0.129. The summed E-state index contributed by atoms with van der Waals surface area (Å²) in [6.45, 7) is 6.01. The van der Waals surface area contributed by atoms with Gasteiger partial charge in [-0.3, -0.25) is 4.79 Å². The number of carbonyl (C=O) groups is 1. The summed E-state index contributed by atoms with van der Waals surface area (Å²) >= 11 is 0. The van der Waals surface area contributed by atoms with Gasteiger partial charge in [0.2, 0.25) is 5.91 Å². The van der Waals surface area contributed by atoms with E-state index in [4.69, 9.17) is 5.73 Å². The van der Waals surface area contributed by atoms with Crippen LogP contribution in [-0.2, 0) is 24.2 Å². The molecular weight excluding hydrogens is 242 g/mol. The molecule has 0 spiro atoms. The topological polar surface area (TPSA) is 77.0 Å². The van der Waals surface area contributed by atoms with E-state index in [1.807, 2.05) is 18.7 Å². The summed E-state index contributed by atoms with van der Waals surface area (Å²) in [5.74, 6) is 1.93. The van der Waals surface area contributed by atoms with Gasteiger partial charge in [0.1, 0.15) is 5.82 Å². The van der Waals surface area contributed by atoms with Gasteiger partial charge in [-0.2, -0.15) is 5.10 Å². The average Bonchev–Trinajstić information content (AvgIpc) is 2.84. The first-order valence-electron chi connectivity index (χ1n) is 6.98. The summed E-state index contributed by atoms with van der Waals surface area (Å²) in [5, 5.41) is 4.41. The van der Waals surface area contributed by atoms with Crippen molar-refractivity contribution in [2.45, 2.75) is 46.1 Å². The maximum absolute atomic E-state index is 11.9. The molecule has 0 atom stereocenters. The predicted octanol–water partition coefficient (Wildman–Crippen LogP) is 0.600. The number of nitrogens with two attached hydrogens (primary N) is 1. The van der Waals surface area contributed by atoms with Crippen LogP contribution < -0.4 is 5.73 Å². The molecule has 1 heterocycles. The lowest BCUT2D eigenvalue weighted by atomic mass is 10.3. The van der Waals surface area contributed by atoms with Crippen LogP contribution in [0.25, 0.3) is 0 Å². The summed E-state index contributed by atoms with van der Waals surface area (Å²) in [4.78, 5) is 18.1. The second-order valence-electron chi connectivity index (χ2n) is 4.58. The van der Waals surface area contributed by atoms with Crippen LogP contribution in [0, 0.1) is 0 Å². The van der Waals surface area contributed by atoms with Crippen molar-refractivity contribution in [3.8, 4) is 0 Å². The average molecular weight is 267 g/mol. The lowest BCUT2D eigenvalue weighted by Gasteiger charge is -2.16. The van der Waals surface area contributed by atoms with E-state index >= 15 is 0 Å². The fourth-order valence-corrected chi connectivity index (χ4v) is 1.86. The molecule has 0 aliphatic rings. The zero-order valence-electron chi connectivity index (χ0n) is 12.2. The Hall–Kier alpha value is -1.43. The quantitative estimate of drug-likeness (QED) is 0.748. The van der Waals surface area contributed by atoms with E-state index in [1.165, 1.54) is 0 Å². The molecule has 0 aliphatic heterocycles. The fourth-order valence-electron chi connectivity index (χ4n) is 1.86. The van der Waals surface area contributed by atoms with Crippen LogP contribution in [0.15, 0.2) is 0 Å². The predicted molar refractivity (Wildman–Crippen MR) is 74.7 cm³/mol. The van der Waals surface area contributed by atoms with Crippen LogP contribution in [0.4, 0.5) is 0 Å². The van der Waals surface area contributed by atoms with E-state index in [9.17, 15) is 4.79 Å². The van der Waals surface area contributed by atoms with Gasteiger partial charge in [0.05, 0.1) is 6.54 Å². The van der Waals surface area contributed by atoms with Gasteiger partial charge in [-0.05, 0) is 13.0 Å². The highest BCUT2D eigenvalue weighted by Crippen LogP contribution is 2.03. The van der Waals surface area contributed by atoms with Crippen molar-refractivity contribution in [1.29, 1.82) is 0 Å². The van der Waals surface area contributed by atoms with Gasteiger partial charge in [0, 0.05) is 32.9 Å². The Morgan fingerprint density at radius 3 is 2.68 bits per heavy atom. The largest absolute Gasteiger partial charge is 0.346 e. The molecule has 6 heteroatoms. The van der Waals surface area contributed by atoms with Crippen LogP contribution in [0.1, 0.15) is 38.3 Å². The van der Waals surface area contributed by atoms with E-state index < -0.39 is 0 Å². The van der Waals surface area contributed by atoms with Crippen molar-refractivity contribution in [3.63, 3.8) is 0 Å². The smallest absolute Gasteiger partial charge is 0.224 e. The standard InChI is InChI=1S/C13H25N5O/c1-4-11-15-12(5-2)18(16-11)10-7-13(19)17(3)9-6-8-14/h4-10,14H2,1-3H3. The molecule has 0 aliphatic carbocycles. The van der Waals surface area contributed by atoms with Crippen molar-refractivity contribution < 1.29 is 4.79 Å². The Morgan fingerprint density at radius 2 is 2.11 bits per heavy atom. The summed E-state index contributed by atoms with van der Waals surface area (Å²) in [6.07, 6.45) is 2.96. The first-order valence-corrected chi connectivity index (χ1v) is 6.98. The molecule has 0 radical (unpaired) electrons. The molecule has 108 valence electrons. The molecular formula is C13H25N5O. The Bertz CT molecular complexity index is 402. The van der Waals surface area contributed by atoms with Crippen LogP contribution >= 0.6 is 0 Å². The van der Waals surface area contributed by atoms with Crippen LogP contribution in [0.5, 0.6) is 0 Å². The minimum absolute atomic E-state index is 0.129. The molecule has 0 aromatic carbocycles. The minimum Gasteiger partial charge on any atom is -0.346 e. The molecule has 19 heavy (non-hydrogen) atoms. The normalized spacial score (nSPS) is 10.7. The number of aromatic nitrogens is 3. The lowest BCUT2D eigenvalue weighted by Crippen LogP contribution is -2.29. The van der Waals surface area contributed by atoms with Crippen LogP contribution in [0.3, 0.4) is 0 Å². The number of hydrogen-bond acceptors (Lipinski definition) is 4. The maximum Gasteiger partial charge on any atom is 0.224 e. The monoisotopic (exact) mass is 267 g/mol. The van der Waals surface area contributed by atoms with Crippen molar-refractivity contribution >= 4 is 5.91 Å². The second kappa shape index (κ2) is 7.89. The Labute approximate surface area is 115 Å². The molecule has 0 fully saturated rings. The van der Waals surface area contributed by atoms with Gasteiger partial charge in [0.15, 0.2) is 5.82 Å². The van der Waals surface area contributed by atoms with E-state index in [-0.39, 0.29) is 5.91 Å². The Morgan fingerprint density at radius 1 is 1.37 bits per heavy atom. The molecule has 1 aromatic rings. The van der Waals surface area contributed by atoms with Crippen molar-refractivity contribution in [2.24, 2.45) is 5.73 Å². The third-order valence-electron chi connectivity index (χ3n) is 3.09. The van der Waals surface area contributed by atoms with E-state index in [0.29, 0.717) is 26.1 Å². The van der Waals surface area contributed by atoms with Gasteiger partial charge in [-0.1, -0.05) is 13.8 Å². The highest BCUT2D eigenvalue weighted by molar-refractivity contribution is 5.75. The number of rotatable bonds is 8. The Kier molecular flexibility index (Phi) is 6.49. The van der Waals surface area contributed by atoms with Crippen LogP contribution in [0.2, 0.25) is 0 Å². The zero-order chi connectivity index (χ0) is 14.3. The summed E-state index contributed by atoms with van der Waals surface area (Å²) in [6, 6.07) is 0. The van der Waals surface area contributed by atoms with Gasteiger partial charge < -0.3 is 10.6 Å². The van der Waals surface area contributed by atoms with Gasteiger partial charge in [0.25, 0.3) is 0 Å². The van der Waals surface area contributed by atoms with E-state index in [1.54, 1.807) is 4.90 Å². The number of carbonyl (C=O) groups excluding carboxylic acids is 1. The van der Waals surface area contributed by atoms with E-state index in [0.717, 1.165) is 30.9 Å². The molecule has 0 saturated heterocycles. The summed E-state index contributed by atoms with van der Waals surface area (Å²) < 4.78 is 1.85. The van der Waals surface area contributed by atoms with E-state index in [2.05, 4.69) is 17.0 Å². The lowest BCUT2D eigenvalue weighted by molar-refractivity contribution is -0.130. The molecule has 0 unspecified atom stereocenters. The zero-order valence-corrected chi connectivity index (χ0v) is 12.2. The molecule has 0 bridgehead atoms. The summed E-state index contributed by atoms with van der Waals surface area (Å²) in [5.41, 5.74) is 5.44. The molecule has 2 N–H and O–H groups in total. The second-order valence-corrected chi connectivity index (χ2v) is 4.58. The third kappa shape index (κ3) is 4.63. The van der Waals surface area contributed by atoms with Crippen molar-refractivity contribution in [2.75, 3.05) is 20.1 Å². The fraction of sp³-hybridized carbons (Fsp3) is 0.769. The third-order valence-corrected chi connectivity index (χ3v) is 3.09. The molecule has 6 nitrogen and oxygen atoms in total. The molecule has 1 aromatic heterocycles. The number of hydrogen-bond donors (Lipinski definition) is 1. The first kappa shape index (κ1) is 15.6. The molecule has 1 rings (SSSR count). The van der Waals surface area contributed by atoms with Gasteiger partial charge in [-0.15, -0.1) is 0 Å². The van der Waals surface area contributed by atoms with Crippen molar-refractivity contribution in [3.05, 3.63) is 11.6 Å². The van der Waals surface area contributed by atoms with Crippen molar-refractivity contribution in [1.82, 2.24) is 19.7 Å². The van der Waals surface area contributed by atoms with Gasteiger partial charge >= 0.3 is 0 Å². The molecule has 1 amide bonds.